The number of rotatable bonds is 8. The van der Waals surface area contributed by atoms with Crippen molar-refractivity contribution in [2.24, 2.45) is 0 Å². The Labute approximate surface area is 196 Å². The number of aliphatic carboxylic acids is 1. The first-order chi connectivity index (χ1) is 16.2. The van der Waals surface area contributed by atoms with E-state index in [0.29, 0.717) is 5.56 Å². The van der Waals surface area contributed by atoms with E-state index in [1.807, 2.05) is 0 Å². The smallest absolute Gasteiger partial charge is 0.337 e. The predicted molar refractivity (Wildman–Crippen MR) is 128 cm³/mol. The van der Waals surface area contributed by atoms with Crippen molar-refractivity contribution in [1.29, 1.82) is 0 Å². The molecule has 1 aromatic heterocycles. The van der Waals surface area contributed by atoms with Gasteiger partial charge in [-0.25, -0.2) is 4.79 Å². The van der Waals surface area contributed by atoms with Crippen LogP contribution in [-0.2, 0) is 30.5 Å². The third-order valence-electron chi connectivity index (χ3n) is 6.76. The number of phenolic OH excluding ortho intramolecular Hbond substituents is 1. The van der Waals surface area contributed by atoms with Crippen LogP contribution >= 0.6 is 0 Å². The van der Waals surface area contributed by atoms with Crippen molar-refractivity contribution in [1.82, 2.24) is 10.3 Å². The minimum Gasteiger partial charge on any atom is -0.506 e. The number of aliphatic hydroxyl groups excluding tert-OH is 2. The molecule has 0 saturated carbocycles. The Morgan fingerprint density at radius 2 is 1.68 bits per heavy atom. The Hall–Kier alpha value is -3.20. The molecule has 0 bridgehead atoms. The van der Waals surface area contributed by atoms with E-state index in [1.54, 1.807) is 0 Å². The third kappa shape index (κ3) is 4.44. The molecule has 3 aromatic rings. The van der Waals surface area contributed by atoms with Crippen molar-refractivity contribution in [2.75, 3.05) is 6.54 Å². The molecule has 1 aliphatic rings. The summed E-state index contributed by atoms with van der Waals surface area (Å²) < 4.78 is 0. The Kier molecular flexibility index (Phi) is 6.74. The van der Waals surface area contributed by atoms with Crippen molar-refractivity contribution < 1.29 is 25.2 Å². The van der Waals surface area contributed by atoms with Gasteiger partial charge in [-0.1, -0.05) is 32.0 Å². The Morgan fingerprint density at radius 3 is 2.24 bits per heavy atom. The van der Waals surface area contributed by atoms with E-state index in [1.165, 1.54) is 40.5 Å². The van der Waals surface area contributed by atoms with Gasteiger partial charge >= 0.3 is 5.97 Å². The van der Waals surface area contributed by atoms with Crippen LogP contribution in [0.25, 0.3) is 10.9 Å². The Bertz CT molecular complexity index is 1270. The molecule has 0 aliphatic heterocycles. The molecule has 2 atom stereocenters. The zero-order chi connectivity index (χ0) is 24.6. The fraction of sp³-hybridized carbons (Fsp3) is 0.385. The van der Waals surface area contributed by atoms with Gasteiger partial charge < -0.3 is 30.7 Å². The molecular weight excluding hydrogens is 436 g/mol. The van der Waals surface area contributed by atoms with E-state index < -0.39 is 23.7 Å². The number of carbonyl (C=O) groups is 1. The lowest BCUT2D eigenvalue weighted by Crippen LogP contribution is -2.33. The molecule has 4 rings (SSSR count). The van der Waals surface area contributed by atoms with Crippen LogP contribution in [0, 0.1) is 0 Å². The van der Waals surface area contributed by atoms with Gasteiger partial charge in [0, 0.05) is 18.0 Å². The van der Waals surface area contributed by atoms with Crippen LogP contribution in [0.15, 0.2) is 35.1 Å². The van der Waals surface area contributed by atoms with Crippen LogP contribution in [-0.4, -0.2) is 44.0 Å². The second-order valence-corrected chi connectivity index (χ2v) is 8.88. The van der Waals surface area contributed by atoms with Crippen LogP contribution in [0.2, 0.25) is 0 Å². The number of aromatic nitrogens is 1. The quantitative estimate of drug-likeness (QED) is 0.299. The van der Waals surface area contributed by atoms with Gasteiger partial charge in [-0.3, -0.25) is 4.79 Å². The highest BCUT2D eigenvalue weighted by Gasteiger charge is 2.25. The molecule has 6 N–H and O–H groups in total. The summed E-state index contributed by atoms with van der Waals surface area (Å²) >= 11 is 0. The predicted octanol–water partition coefficient (Wildman–Crippen LogP) is 2.27. The molecule has 0 amide bonds. The number of aliphatic hydroxyl groups is 2. The molecule has 0 fully saturated rings. The number of hydrogen-bond acceptors (Lipinski definition) is 6. The lowest BCUT2D eigenvalue weighted by molar-refractivity contribution is -0.147. The fourth-order valence-electron chi connectivity index (χ4n) is 4.91. The molecule has 1 heterocycles. The number of H-pyrrole nitrogens is 1. The molecule has 180 valence electrons. The number of nitrogens with one attached hydrogen (secondary N) is 2. The maximum absolute atomic E-state index is 12.2. The molecule has 8 heteroatoms. The van der Waals surface area contributed by atoms with Gasteiger partial charge in [0.15, 0.2) is 6.10 Å². The van der Waals surface area contributed by atoms with Crippen LogP contribution in [0.4, 0.5) is 0 Å². The second-order valence-electron chi connectivity index (χ2n) is 8.88. The molecule has 1 unspecified atom stereocenters. The van der Waals surface area contributed by atoms with Crippen molar-refractivity contribution in [3.05, 3.63) is 74.1 Å². The average Bonchev–Trinajstić information content (AvgIpc) is 3.23. The van der Waals surface area contributed by atoms with Crippen LogP contribution in [0.5, 0.6) is 5.75 Å². The number of pyridine rings is 1. The van der Waals surface area contributed by atoms with Crippen LogP contribution in [0.1, 0.15) is 59.4 Å². The first-order valence-corrected chi connectivity index (χ1v) is 11.6. The molecule has 2 aromatic carbocycles. The first kappa shape index (κ1) is 23.9. The number of aromatic hydroxyl groups is 1. The summed E-state index contributed by atoms with van der Waals surface area (Å²) in [5.41, 5.74) is 4.74. The minimum atomic E-state index is -2.02. The highest BCUT2D eigenvalue weighted by atomic mass is 16.4. The molecule has 1 aliphatic carbocycles. The van der Waals surface area contributed by atoms with Crippen molar-refractivity contribution >= 4 is 16.9 Å². The van der Waals surface area contributed by atoms with Gasteiger partial charge in [0.25, 0.3) is 5.56 Å². The Balaban J connectivity index is 1.56. The number of carboxylic acids is 1. The highest BCUT2D eigenvalue weighted by Crippen LogP contribution is 2.31. The van der Waals surface area contributed by atoms with Crippen molar-refractivity contribution in [3.8, 4) is 5.75 Å². The summed E-state index contributed by atoms with van der Waals surface area (Å²) in [6.45, 7) is 4.56. The zero-order valence-corrected chi connectivity index (χ0v) is 19.3. The zero-order valence-electron chi connectivity index (χ0n) is 19.3. The van der Waals surface area contributed by atoms with Gasteiger partial charge in [-0.2, -0.15) is 0 Å². The summed E-state index contributed by atoms with van der Waals surface area (Å²) in [6, 6.07) is 8.89. The summed E-state index contributed by atoms with van der Waals surface area (Å²) in [5, 5.41) is 43.8. The topological polar surface area (TPSA) is 143 Å². The number of carboxylic acid groups (broad SMARTS) is 1. The number of aryl methyl sites for hydroxylation is 2. The molecular formula is C26H30N2O6. The number of hydrogen-bond donors (Lipinski definition) is 6. The number of aromatic amines is 1. The van der Waals surface area contributed by atoms with E-state index >= 15 is 0 Å². The standard InChI is InChI=1S/C26H30N2O6/c1-3-13-7-15-9-17(10-16(15)8-14(13)4-2)27-12-22(30)18-5-6-21(29)23-19(18)11-20(25(32)28-23)24(31)26(33)34/h5-8,11,17,22,24,27,29-31H,3-4,9-10,12H2,1-2H3,(H,28,32)(H,33,34)/t22?,24-/m1/s1. The van der Waals surface area contributed by atoms with Gasteiger partial charge in [0.05, 0.1) is 17.2 Å². The van der Waals surface area contributed by atoms with Gasteiger partial charge in [-0.15, -0.1) is 0 Å². The molecule has 34 heavy (non-hydrogen) atoms. The van der Waals surface area contributed by atoms with E-state index in [2.05, 4.69) is 36.3 Å². The highest BCUT2D eigenvalue weighted by molar-refractivity contribution is 5.89. The van der Waals surface area contributed by atoms with E-state index in [0.717, 1.165) is 25.7 Å². The van der Waals surface area contributed by atoms with Gasteiger partial charge in [0.1, 0.15) is 5.75 Å². The van der Waals surface area contributed by atoms with Crippen molar-refractivity contribution in [3.63, 3.8) is 0 Å². The molecule has 0 radical (unpaired) electrons. The van der Waals surface area contributed by atoms with E-state index in [4.69, 9.17) is 5.11 Å². The summed E-state index contributed by atoms with van der Waals surface area (Å²) in [5.74, 6) is -1.77. The number of fused-ring (bicyclic) bond motifs is 2. The normalized spacial score (nSPS) is 15.4. The SMILES string of the molecule is CCc1cc2c(cc1CC)CC(NCC(O)c1ccc(O)c3[nH]c(=O)c([C@@H](O)C(=O)O)cc13)C2. The average molecular weight is 467 g/mol. The van der Waals surface area contributed by atoms with Gasteiger partial charge in [-0.05, 0) is 65.6 Å². The lowest BCUT2D eigenvalue weighted by atomic mass is 9.97. The number of phenols is 1. The maximum Gasteiger partial charge on any atom is 0.337 e. The summed E-state index contributed by atoms with van der Waals surface area (Å²) in [7, 11) is 0. The largest absolute Gasteiger partial charge is 0.506 e. The minimum absolute atomic E-state index is 0.0790. The number of benzene rings is 2. The summed E-state index contributed by atoms with van der Waals surface area (Å²) in [4.78, 5) is 25.9. The maximum atomic E-state index is 12.2. The lowest BCUT2D eigenvalue weighted by Gasteiger charge is -2.19. The Morgan fingerprint density at radius 1 is 1.06 bits per heavy atom. The summed E-state index contributed by atoms with van der Waals surface area (Å²) in [6.07, 6.45) is 0.750. The monoisotopic (exact) mass is 466 g/mol. The molecule has 8 nitrogen and oxygen atoms in total. The first-order valence-electron chi connectivity index (χ1n) is 11.6. The second kappa shape index (κ2) is 9.58. The van der Waals surface area contributed by atoms with Crippen LogP contribution in [0.3, 0.4) is 0 Å². The van der Waals surface area contributed by atoms with E-state index in [9.17, 15) is 24.9 Å². The van der Waals surface area contributed by atoms with Gasteiger partial charge in [0.2, 0.25) is 0 Å². The third-order valence-corrected chi connectivity index (χ3v) is 6.76. The molecule has 0 saturated heterocycles. The van der Waals surface area contributed by atoms with Crippen molar-refractivity contribution in [2.45, 2.75) is 57.8 Å². The fourth-order valence-corrected chi connectivity index (χ4v) is 4.91. The van der Waals surface area contributed by atoms with E-state index in [-0.39, 0.29) is 34.8 Å². The molecule has 0 spiro atoms. The van der Waals surface area contributed by atoms with Crippen LogP contribution < -0.4 is 10.9 Å².